The molecule has 20 heavy (non-hydrogen) atoms. The van der Waals surface area contributed by atoms with Crippen molar-refractivity contribution in [1.82, 2.24) is 14.9 Å². The summed E-state index contributed by atoms with van der Waals surface area (Å²) in [6.07, 6.45) is 6.01. The monoisotopic (exact) mass is 278 g/mol. The van der Waals surface area contributed by atoms with Crippen LogP contribution in [-0.2, 0) is 4.74 Å². The number of likely N-dealkylation sites (tertiary alicyclic amines) is 1. The van der Waals surface area contributed by atoms with E-state index in [1.807, 2.05) is 6.92 Å². The molecule has 0 amide bonds. The molecule has 0 aromatic carbocycles. The van der Waals surface area contributed by atoms with Gasteiger partial charge < -0.3 is 15.0 Å². The minimum absolute atomic E-state index is 0.363. The predicted molar refractivity (Wildman–Crippen MR) is 76.7 cm³/mol. The van der Waals surface area contributed by atoms with Crippen LogP contribution in [0.2, 0.25) is 0 Å². The van der Waals surface area contributed by atoms with E-state index in [0.29, 0.717) is 24.2 Å². The molecule has 0 atom stereocenters. The molecule has 0 unspecified atom stereocenters. The fourth-order valence-electron chi connectivity index (χ4n) is 2.12. The smallest absolute Gasteiger partial charge is 0.341 e. The first kappa shape index (κ1) is 14.7. The van der Waals surface area contributed by atoms with E-state index in [-0.39, 0.29) is 5.97 Å². The Balaban J connectivity index is 1.86. The first-order valence-corrected chi connectivity index (χ1v) is 7.13. The van der Waals surface area contributed by atoms with Crippen LogP contribution in [0.25, 0.3) is 0 Å². The predicted octanol–water partition coefficient (Wildman–Crippen LogP) is 1.55. The van der Waals surface area contributed by atoms with Crippen molar-refractivity contribution in [3.05, 3.63) is 18.0 Å². The molecule has 0 aliphatic carbocycles. The lowest BCUT2D eigenvalue weighted by Gasteiger charge is -2.29. The van der Waals surface area contributed by atoms with Crippen LogP contribution in [0.1, 0.15) is 36.5 Å². The van der Waals surface area contributed by atoms with Crippen LogP contribution >= 0.6 is 0 Å². The highest BCUT2D eigenvalue weighted by atomic mass is 16.5. The van der Waals surface area contributed by atoms with Crippen molar-refractivity contribution in [1.29, 1.82) is 0 Å². The second-order valence-electron chi connectivity index (χ2n) is 5.15. The normalized spacial score (nSPS) is 16.9. The molecule has 6 nitrogen and oxygen atoms in total. The Bertz CT molecular complexity index is 427. The van der Waals surface area contributed by atoms with Gasteiger partial charge in [0.2, 0.25) is 5.95 Å². The van der Waals surface area contributed by atoms with E-state index in [9.17, 15) is 4.79 Å². The molecule has 110 valence electrons. The molecule has 0 radical (unpaired) electrons. The number of hydrogen-bond donors (Lipinski definition) is 1. The van der Waals surface area contributed by atoms with Crippen molar-refractivity contribution < 1.29 is 9.53 Å². The van der Waals surface area contributed by atoms with Crippen molar-refractivity contribution in [3.8, 4) is 0 Å². The molecule has 1 N–H and O–H groups in total. The Morgan fingerprint density at radius 1 is 1.40 bits per heavy atom. The van der Waals surface area contributed by atoms with E-state index in [0.717, 1.165) is 32.4 Å². The van der Waals surface area contributed by atoms with E-state index >= 15 is 0 Å². The number of aromatic nitrogens is 2. The summed E-state index contributed by atoms with van der Waals surface area (Å²) >= 11 is 0. The van der Waals surface area contributed by atoms with Crippen LogP contribution in [0.15, 0.2) is 12.4 Å². The molecule has 1 aromatic rings. The number of anilines is 1. The van der Waals surface area contributed by atoms with Crippen LogP contribution in [0.4, 0.5) is 5.95 Å². The maximum atomic E-state index is 11.6. The third-order valence-electron chi connectivity index (χ3n) is 3.38. The number of nitrogens with one attached hydrogen (secondary N) is 1. The minimum atomic E-state index is -0.363. The number of carbonyl (C=O) groups is 1. The molecular formula is C14H22N4O2. The quantitative estimate of drug-likeness (QED) is 0.824. The summed E-state index contributed by atoms with van der Waals surface area (Å²) in [4.78, 5) is 22.3. The maximum absolute atomic E-state index is 11.6. The number of hydrogen-bond acceptors (Lipinski definition) is 6. The molecule has 1 aliphatic heterocycles. The molecule has 0 spiro atoms. The van der Waals surface area contributed by atoms with Gasteiger partial charge in [0.1, 0.15) is 0 Å². The Labute approximate surface area is 119 Å². The molecule has 6 heteroatoms. The van der Waals surface area contributed by atoms with Crippen LogP contribution in [-0.4, -0.2) is 53.6 Å². The van der Waals surface area contributed by atoms with Gasteiger partial charge >= 0.3 is 5.97 Å². The number of rotatable bonds is 5. The van der Waals surface area contributed by atoms with Gasteiger partial charge in [-0.25, -0.2) is 14.8 Å². The zero-order valence-corrected chi connectivity index (χ0v) is 12.1. The van der Waals surface area contributed by atoms with Gasteiger partial charge in [0.25, 0.3) is 0 Å². The Morgan fingerprint density at radius 3 is 2.65 bits per heavy atom. The summed E-state index contributed by atoms with van der Waals surface area (Å²) in [5.74, 6) is 0.212. The lowest BCUT2D eigenvalue weighted by atomic mass is 10.1. The highest BCUT2D eigenvalue weighted by Gasteiger charge is 2.17. The third-order valence-corrected chi connectivity index (χ3v) is 3.38. The van der Waals surface area contributed by atoms with Crippen molar-refractivity contribution in [2.24, 2.45) is 0 Å². The Hall–Kier alpha value is -1.69. The van der Waals surface area contributed by atoms with Gasteiger partial charge in [-0.05, 0) is 39.4 Å². The van der Waals surface area contributed by atoms with Crippen molar-refractivity contribution >= 4 is 11.9 Å². The molecule has 0 bridgehead atoms. The van der Waals surface area contributed by atoms with Crippen molar-refractivity contribution in [2.75, 3.05) is 32.1 Å². The molecule has 1 aliphatic rings. The molecule has 1 saturated heterocycles. The Morgan fingerprint density at radius 2 is 2.05 bits per heavy atom. The number of piperidine rings is 1. The Kier molecular flexibility index (Phi) is 5.29. The van der Waals surface area contributed by atoms with Crippen molar-refractivity contribution in [3.63, 3.8) is 0 Å². The number of esters is 1. The average Bonchev–Trinajstić information content (AvgIpc) is 2.48. The van der Waals surface area contributed by atoms with Gasteiger partial charge in [-0.15, -0.1) is 0 Å². The summed E-state index contributed by atoms with van der Waals surface area (Å²) in [6.45, 7) is 4.55. The molecule has 1 fully saturated rings. The topological polar surface area (TPSA) is 67.3 Å². The summed E-state index contributed by atoms with van der Waals surface area (Å²) in [6, 6.07) is 0.407. The third kappa shape index (κ3) is 4.16. The SMILES string of the molecule is CCCOC(=O)c1cnc(NC2CCN(C)CC2)nc1. The summed E-state index contributed by atoms with van der Waals surface area (Å²) in [5.41, 5.74) is 0.396. The number of nitrogens with zero attached hydrogens (tertiary/aromatic N) is 3. The first-order chi connectivity index (χ1) is 9.69. The zero-order valence-electron chi connectivity index (χ0n) is 12.1. The highest BCUT2D eigenvalue weighted by molar-refractivity contribution is 5.88. The number of ether oxygens (including phenoxy) is 1. The standard InChI is InChI=1S/C14H22N4O2/c1-3-8-20-13(19)11-9-15-14(16-10-11)17-12-4-6-18(2)7-5-12/h9-10,12H,3-8H2,1-2H3,(H,15,16,17). The lowest BCUT2D eigenvalue weighted by molar-refractivity contribution is 0.0504. The molecular weight excluding hydrogens is 256 g/mol. The van der Waals surface area contributed by atoms with Gasteiger partial charge in [-0.2, -0.15) is 0 Å². The second-order valence-corrected chi connectivity index (χ2v) is 5.15. The minimum Gasteiger partial charge on any atom is -0.462 e. The van der Waals surface area contributed by atoms with E-state index in [1.165, 1.54) is 12.4 Å². The van der Waals surface area contributed by atoms with Crippen LogP contribution < -0.4 is 5.32 Å². The van der Waals surface area contributed by atoms with Crippen molar-refractivity contribution in [2.45, 2.75) is 32.2 Å². The van der Waals surface area contributed by atoms with Gasteiger partial charge in [-0.3, -0.25) is 0 Å². The van der Waals surface area contributed by atoms with E-state index in [1.54, 1.807) is 0 Å². The molecule has 2 heterocycles. The van der Waals surface area contributed by atoms with Gasteiger partial charge in [-0.1, -0.05) is 6.92 Å². The summed E-state index contributed by atoms with van der Waals surface area (Å²) < 4.78 is 5.03. The van der Waals surface area contributed by atoms with E-state index < -0.39 is 0 Å². The average molecular weight is 278 g/mol. The molecule has 0 saturated carbocycles. The van der Waals surface area contributed by atoms with Gasteiger partial charge in [0, 0.05) is 18.4 Å². The van der Waals surface area contributed by atoms with Crippen LogP contribution in [0, 0.1) is 0 Å². The first-order valence-electron chi connectivity index (χ1n) is 7.13. The molecule has 1 aromatic heterocycles. The molecule has 2 rings (SSSR count). The van der Waals surface area contributed by atoms with Gasteiger partial charge in [0.15, 0.2) is 0 Å². The maximum Gasteiger partial charge on any atom is 0.341 e. The largest absolute Gasteiger partial charge is 0.462 e. The van der Waals surface area contributed by atoms with Crippen LogP contribution in [0.3, 0.4) is 0 Å². The summed E-state index contributed by atoms with van der Waals surface area (Å²) in [5, 5.41) is 3.31. The fourth-order valence-corrected chi connectivity index (χ4v) is 2.12. The highest BCUT2D eigenvalue weighted by Crippen LogP contribution is 2.13. The summed E-state index contributed by atoms with van der Waals surface area (Å²) in [7, 11) is 2.13. The number of carbonyl (C=O) groups excluding carboxylic acids is 1. The van der Waals surface area contributed by atoms with E-state index in [4.69, 9.17) is 4.74 Å². The lowest BCUT2D eigenvalue weighted by Crippen LogP contribution is -2.37. The second kappa shape index (κ2) is 7.19. The van der Waals surface area contributed by atoms with Gasteiger partial charge in [0.05, 0.1) is 12.2 Å². The van der Waals surface area contributed by atoms with Crippen LogP contribution in [0.5, 0.6) is 0 Å². The fraction of sp³-hybridized carbons (Fsp3) is 0.643. The van der Waals surface area contributed by atoms with E-state index in [2.05, 4.69) is 27.2 Å². The zero-order chi connectivity index (χ0) is 14.4.